The SMILES string of the molecule is Cc1ccc(-n2nc(C)c(NC(=O)CSc3nnc(C(C)C)n3C3CC3)c2C)cc1. The minimum atomic E-state index is -0.0638. The predicted octanol–water partition coefficient (Wildman–Crippen LogP) is 4.58. The van der Waals surface area contributed by atoms with Crippen LogP contribution in [0.25, 0.3) is 5.69 Å². The molecule has 0 atom stereocenters. The summed E-state index contributed by atoms with van der Waals surface area (Å²) in [5, 5.41) is 17.2. The Balaban J connectivity index is 1.46. The number of aryl methyl sites for hydroxylation is 2. The Morgan fingerprint density at radius 1 is 1.17 bits per heavy atom. The maximum Gasteiger partial charge on any atom is 0.234 e. The van der Waals surface area contributed by atoms with Crippen LogP contribution in [0, 0.1) is 20.8 Å². The van der Waals surface area contributed by atoms with Gasteiger partial charge in [-0.25, -0.2) is 4.68 Å². The van der Waals surface area contributed by atoms with Crippen molar-refractivity contribution < 1.29 is 4.79 Å². The van der Waals surface area contributed by atoms with Gasteiger partial charge >= 0.3 is 0 Å². The highest BCUT2D eigenvalue weighted by molar-refractivity contribution is 7.99. The topological polar surface area (TPSA) is 77.6 Å². The van der Waals surface area contributed by atoms with Crippen molar-refractivity contribution in [1.82, 2.24) is 24.5 Å². The van der Waals surface area contributed by atoms with Crippen molar-refractivity contribution in [2.75, 3.05) is 11.1 Å². The molecule has 1 N–H and O–H groups in total. The van der Waals surface area contributed by atoms with E-state index in [4.69, 9.17) is 0 Å². The van der Waals surface area contributed by atoms with Crippen LogP contribution >= 0.6 is 11.8 Å². The molecule has 2 aromatic heterocycles. The standard InChI is InChI=1S/C22H28N6OS/c1-13(2)21-24-25-22(27(21)17-10-11-17)30-12-19(29)23-20-15(4)26-28(16(20)5)18-8-6-14(3)7-9-18/h6-9,13,17H,10-12H2,1-5H3,(H,23,29). The first-order valence-corrected chi connectivity index (χ1v) is 11.3. The molecule has 8 heteroatoms. The minimum absolute atomic E-state index is 0.0638. The lowest BCUT2D eigenvalue weighted by Crippen LogP contribution is -2.16. The molecule has 0 saturated heterocycles. The van der Waals surface area contributed by atoms with Crippen LogP contribution in [0.15, 0.2) is 29.4 Å². The molecule has 0 spiro atoms. The number of carbonyl (C=O) groups is 1. The molecule has 1 aliphatic carbocycles. The molecule has 30 heavy (non-hydrogen) atoms. The molecule has 1 fully saturated rings. The predicted molar refractivity (Wildman–Crippen MR) is 120 cm³/mol. The van der Waals surface area contributed by atoms with Crippen LogP contribution in [0.1, 0.15) is 61.4 Å². The van der Waals surface area contributed by atoms with Crippen molar-refractivity contribution in [3.63, 3.8) is 0 Å². The molecular weight excluding hydrogens is 396 g/mol. The molecule has 0 radical (unpaired) electrons. The third-order valence-electron chi connectivity index (χ3n) is 5.29. The highest BCUT2D eigenvalue weighted by Gasteiger charge is 2.30. The Bertz CT molecular complexity index is 1060. The van der Waals surface area contributed by atoms with E-state index in [1.165, 1.54) is 17.3 Å². The first-order chi connectivity index (χ1) is 14.3. The zero-order chi connectivity index (χ0) is 21.4. The number of thioether (sulfide) groups is 1. The highest BCUT2D eigenvalue weighted by atomic mass is 32.2. The van der Waals surface area contributed by atoms with Crippen molar-refractivity contribution in [2.24, 2.45) is 0 Å². The molecule has 3 aromatic rings. The third kappa shape index (κ3) is 4.14. The molecule has 0 aliphatic heterocycles. The monoisotopic (exact) mass is 424 g/mol. The van der Waals surface area contributed by atoms with Gasteiger partial charge in [-0.05, 0) is 45.7 Å². The number of nitrogens with one attached hydrogen (secondary N) is 1. The summed E-state index contributed by atoms with van der Waals surface area (Å²) in [6.07, 6.45) is 2.32. The number of anilines is 1. The smallest absolute Gasteiger partial charge is 0.234 e. The first kappa shape index (κ1) is 20.7. The van der Waals surface area contributed by atoms with Crippen molar-refractivity contribution in [1.29, 1.82) is 0 Å². The van der Waals surface area contributed by atoms with Gasteiger partial charge in [0.15, 0.2) is 5.16 Å². The van der Waals surface area contributed by atoms with E-state index in [1.807, 2.05) is 30.7 Å². The van der Waals surface area contributed by atoms with Crippen LogP contribution in [-0.4, -0.2) is 36.2 Å². The molecule has 158 valence electrons. The van der Waals surface area contributed by atoms with Crippen LogP contribution in [0.5, 0.6) is 0 Å². The van der Waals surface area contributed by atoms with E-state index in [-0.39, 0.29) is 11.7 Å². The number of hydrogen-bond acceptors (Lipinski definition) is 5. The molecule has 1 aromatic carbocycles. The number of aromatic nitrogens is 5. The van der Waals surface area contributed by atoms with Gasteiger partial charge in [0.1, 0.15) is 5.82 Å². The van der Waals surface area contributed by atoms with Crippen LogP contribution in [0.2, 0.25) is 0 Å². The van der Waals surface area contributed by atoms with E-state index >= 15 is 0 Å². The first-order valence-electron chi connectivity index (χ1n) is 10.4. The van der Waals surface area contributed by atoms with Crippen LogP contribution < -0.4 is 5.32 Å². The molecule has 2 heterocycles. The Morgan fingerprint density at radius 3 is 2.50 bits per heavy atom. The maximum absolute atomic E-state index is 12.7. The van der Waals surface area contributed by atoms with Gasteiger partial charge in [0.25, 0.3) is 0 Å². The molecule has 1 saturated carbocycles. The van der Waals surface area contributed by atoms with E-state index in [0.717, 1.165) is 46.6 Å². The summed E-state index contributed by atoms with van der Waals surface area (Å²) in [4.78, 5) is 12.7. The summed E-state index contributed by atoms with van der Waals surface area (Å²) in [5.74, 6) is 1.55. The van der Waals surface area contributed by atoms with Gasteiger partial charge < -0.3 is 9.88 Å². The van der Waals surface area contributed by atoms with Gasteiger partial charge in [0.05, 0.1) is 28.5 Å². The zero-order valence-electron chi connectivity index (χ0n) is 18.1. The fraction of sp³-hybridized carbons (Fsp3) is 0.455. The Kier molecular flexibility index (Phi) is 5.69. The fourth-order valence-electron chi connectivity index (χ4n) is 3.52. The van der Waals surface area contributed by atoms with Crippen molar-refractivity contribution >= 4 is 23.4 Å². The maximum atomic E-state index is 12.7. The minimum Gasteiger partial charge on any atom is -0.322 e. The lowest BCUT2D eigenvalue weighted by atomic mass is 10.2. The van der Waals surface area contributed by atoms with Crippen LogP contribution in [-0.2, 0) is 4.79 Å². The molecule has 0 bridgehead atoms. The van der Waals surface area contributed by atoms with Crippen molar-refractivity contribution in [3.8, 4) is 5.69 Å². The zero-order valence-corrected chi connectivity index (χ0v) is 19.0. The van der Waals surface area contributed by atoms with Crippen LogP contribution in [0.3, 0.4) is 0 Å². The summed E-state index contributed by atoms with van der Waals surface area (Å²) in [6.45, 7) is 10.2. The Labute approximate surface area is 181 Å². The number of benzene rings is 1. The molecule has 7 nitrogen and oxygen atoms in total. The number of nitrogens with zero attached hydrogens (tertiary/aromatic N) is 5. The second kappa shape index (κ2) is 8.26. The third-order valence-corrected chi connectivity index (χ3v) is 6.23. The van der Waals surface area contributed by atoms with Gasteiger partial charge in [0.2, 0.25) is 5.91 Å². The van der Waals surface area contributed by atoms with Gasteiger partial charge in [-0.3, -0.25) is 4.79 Å². The average Bonchev–Trinajstić information content (AvgIpc) is 3.40. The number of hydrogen-bond donors (Lipinski definition) is 1. The average molecular weight is 425 g/mol. The van der Waals surface area contributed by atoms with Crippen molar-refractivity contribution in [2.45, 2.75) is 64.6 Å². The van der Waals surface area contributed by atoms with Crippen molar-refractivity contribution in [3.05, 3.63) is 47.0 Å². The van der Waals surface area contributed by atoms with Gasteiger partial charge in [-0.2, -0.15) is 5.10 Å². The molecule has 1 amide bonds. The van der Waals surface area contributed by atoms with Gasteiger partial charge in [0, 0.05) is 12.0 Å². The Hall–Kier alpha value is -2.61. The molecule has 4 rings (SSSR count). The van der Waals surface area contributed by atoms with E-state index < -0.39 is 0 Å². The summed E-state index contributed by atoms with van der Waals surface area (Å²) in [5.41, 5.74) is 4.67. The summed E-state index contributed by atoms with van der Waals surface area (Å²) in [6, 6.07) is 8.67. The summed E-state index contributed by atoms with van der Waals surface area (Å²) >= 11 is 1.45. The fourth-order valence-corrected chi connectivity index (χ4v) is 4.34. The summed E-state index contributed by atoms with van der Waals surface area (Å²) < 4.78 is 4.09. The molecular formula is C22H28N6OS. The normalized spacial score (nSPS) is 13.8. The molecule has 0 unspecified atom stereocenters. The molecule has 1 aliphatic rings. The number of rotatable bonds is 7. The second-order valence-electron chi connectivity index (χ2n) is 8.23. The number of amides is 1. The second-order valence-corrected chi connectivity index (χ2v) is 9.17. The Morgan fingerprint density at radius 2 is 1.87 bits per heavy atom. The van der Waals surface area contributed by atoms with Crippen LogP contribution in [0.4, 0.5) is 5.69 Å². The quantitative estimate of drug-likeness (QED) is 0.562. The lowest BCUT2D eigenvalue weighted by Gasteiger charge is -2.11. The largest absolute Gasteiger partial charge is 0.322 e. The number of carbonyl (C=O) groups excluding carboxylic acids is 1. The lowest BCUT2D eigenvalue weighted by molar-refractivity contribution is -0.113. The van der Waals surface area contributed by atoms with E-state index in [9.17, 15) is 4.79 Å². The van der Waals surface area contributed by atoms with E-state index in [2.05, 4.69) is 58.1 Å². The van der Waals surface area contributed by atoms with E-state index in [0.29, 0.717) is 12.0 Å². The highest BCUT2D eigenvalue weighted by Crippen LogP contribution is 2.40. The van der Waals surface area contributed by atoms with Gasteiger partial charge in [-0.1, -0.05) is 43.3 Å². The summed E-state index contributed by atoms with van der Waals surface area (Å²) in [7, 11) is 0. The van der Waals surface area contributed by atoms with Gasteiger partial charge in [-0.15, -0.1) is 10.2 Å². The van der Waals surface area contributed by atoms with E-state index in [1.54, 1.807) is 0 Å².